The first-order valence-electron chi connectivity index (χ1n) is 10.8. The van der Waals surface area contributed by atoms with Gasteiger partial charge in [0.25, 0.3) is 0 Å². The van der Waals surface area contributed by atoms with Crippen molar-refractivity contribution in [3.63, 3.8) is 0 Å². The zero-order chi connectivity index (χ0) is 19.7. The molecule has 27 heavy (non-hydrogen) atoms. The Bertz CT molecular complexity index is 670. The molecule has 150 valence electrons. The first-order valence-corrected chi connectivity index (χ1v) is 10.8. The van der Waals surface area contributed by atoms with Crippen LogP contribution in [0.1, 0.15) is 82.4 Å². The quantitative estimate of drug-likeness (QED) is 0.708. The largest absolute Gasteiger partial charge is 0.396 e. The number of nitrogens with zero attached hydrogens (tertiary/aromatic N) is 1. The first kappa shape index (κ1) is 20.4. The van der Waals surface area contributed by atoms with Crippen molar-refractivity contribution in [2.75, 3.05) is 19.7 Å². The van der Waals surface area contributed by atoms with Crippen LogP contribution in [0.3, 0.4) is 0 Å². The summed E-state index contributed by atoms with van der Waals surface area (Å²) in [6.07, 6.45) is 7.69. The van der Waals surface area contributed by atoms with E-state index in [-0.39, 0.29) is 17.4 Å². The summed E-state index contributed by atoms with van der Waals surface area (Å²) < 4.78 is 0. The highest BCUT2D eigenvalue weighted by Crippen LogP contribution is 2.57. The van der Waals surface area contributed by atoms with Crippen molar-refractivity contribution < 1.29 is 9.90 Å². The van der Waals surface area contributed by atoms with Gasteiger partial charge in [0.1, 0.15) is 0 Å². The van der Waals surface area contributed by atoms with Crippen LogP contribution < -0.4 is 0 Å². The number of aliphatic hydroxyl groups is 1. The molecule has 3 atom stereocenters. The molecule has 1 saturated carbocycles. The molecule has 2 aliphatic rings. The smallest absolute Gasteiger partial charge is 0.209 e. The number of amides is 1. The molecule has 3 nitrogen and oxygen atoms in total. The molecule has 1 aromatic carbocycles. The summed E-state index contributed by atoms with van der Waals surface area (Å²) in [4.78, 5) is 13.5. The van der Waals surface area contributed by atoms with Crippen LogP contribution in [0.5, 0.6) is 0 Å². The Morgan fingerprint density at radius 2 is 2.07 bits per heavy atom. The average Bonchev–Trinajstić information content (AvgIpc) is 2.64. The van der Waals surface area contributed by atoms with Gasteiger partial charge in [0.2, 0.25) is 6.41 Å². The number of hydrogen-bond acceptors (Lipinski definition) is 2. The molecular formula is C24H37NO2. The van der Waals surface area contributed by atoms with Gasteiger partial charge in [-0.1, -0.05) is 52.3 Å². The Morgan fingerprint density at radius 1 is 1.30 bits per heavy atom. The molecule has 1 fully saturated rings. The van der Waals surface area contributed by atoms with Crippen molar-refractivity contribution in [1.29, 1.82) is 0 Å². The van der Waals surface area contributed by atoms with Gasteiger partial charge in [-0.3, -0.25) is 4.79 Å². The standard InChI is InChI=1S/C24H37NO2/c1-18(2)19-7-9-21-20(15-19)8-10-22-23(3,11-5-12-24(21,22)4)16-25(17-27)13-6-14-26/h7,9,15,17-18,22,26H,5-6,8,10-14,16H2,1-4H3. The van der Waals surface area contributed by atoms with Crippen molar-refractivity contribution in [3.8, 4) is 0 Å². The van der Waals surface area contributed by atoms with Crippen molar-refractivity contribution in [2.45, 2.75) is 77.6 Å². The number of aryl methyl sites for hydroxylation is 1. The normalized spacial score (nSPS) is 29.9. The Morgan fingerprint density at radius 3 is 2.74 bits per heavy atom. The van der Waals surface area contributed by atoms with Gasteiger partial charge in [-0.2, -0.15) is 0 Å². The first-order chi connectivity index (χ1) is 12.8. The maximum Gasteiger partial charge on any atom is 0.209 e. The highest BCUT2D eigenvalue weighted by Gasteiger charge is 2.52. The number of aliphatic hydroxyl groups excluding tert-OH is 1. The van der Waals surface area contributed by atoms with Crippen LogP contribution in [0.25, 0.3) is 0 Å². The van der Waals surface area contributed by atoms with Gasteiger partial charge in [0, 0.05) is 19.7 Å². The second-order valence-electron chi connectivity index (χ2n) is 9.74. The maximum absolute atomic E-state index is 11.6. The van der Waals surface area contributed by atoms with Crippen LogP contribution in [-0.2, 0) is 16.6 Å². The summed E-state index contributed by atoms with van der Waals surface area (Å²) in [5, 5.41) is 9.14. The molecule has 0 radical (unpaired) electrons. The monoisotopic (exact) mass is 371 g/mol. The summed E-state index contributed by atoms with van der Waals surface area (Å²) in [5.41, 5.74) is 4.92. The Balaban J connectivity index is 1.89. The predicted octanol–water partition coefficient (Wildman–Crippen LogP) is 4.66. The van der Waals surface area contributed by atoms with Gasteiger partial charge >= 0.3 is 0 Å². The van der Waals surface area contributed by atoms with Gasteiger partial charge in [0.15, 0.2) is 0 Å². The Labute approximate surface area is 165 Å². The minimum absolute atomic E-state index is 0.147. The van der Waals surface area contributed by atoms with Crippen LogP contribution in [0.15, 0.2) is 18.2 Å². The van der Waals surface area contributed by atoms with E-state index in [1.54, 1.807) is 11.1 Å². The lowest BCUT2D eigenvalue weighted by atomic mass is 9.49. The van der Waals surface area contributed by atoms with Gasteiger partial charge in [-0.15, -0.1) is 0 Å². The molecule has 0 aliphatic heterocycles. The van der Waals surface area contributed by atoms with Crippen molar-refractivity contribution >= 4 is 6.41 Å². The summed E-state index contributed by atoms with van der Waals surface area (Å²) in [7, 11) is 0. The third kappa shape index (κ3) is 3.81. The number of fused-ring (bicyclic) bond motifs is 3. The van der Waals surface area contributed by atoms with Gasteiger partial charge in [0.05, 0.1) is 0 Å². The van der Waals surface area contributed by atoms with Crippen LogP contribution in [0.2, 0.25) is 0 Å². The molecule has 0 aromatic heterocycles. The van der Waals surface area contributed by atoms with E-state index in [1.807, 2.05) is 4.90 Å². The number of rotatable bonds is 7. The number of benzene rings is 1. The lowest BCUT2D eigenvalue weighted by Crippen LogP contribution is -2.53. The van der Waals surface area contributed by atoms with Crippen molar-refractivity contribution in [3.05, 3.63) is 34.9 Å². The van der Waals surface area contributed by atoms with E-state index in [4.69, 9.17) is 5.11 Å². The highest BCUT2D eigenvalue weighted by molar-refractivity contribution is 5.47. The van der Waals surface area contributed by atoms with E-state index in [0.717, 1.165) is 19.4 Å². The molecule has 1 aromatic rings. The zero-order valence-corrected chi connectivity index (χ0v) is 17.6. The summed E-state index contributed by atoms with van der Waals surface area (Å²) in [6.45, 7) is 11.0. The van der Waals surface area contributed by atoms with Gasteiger partial charge < -0.3 is 10.0 Å². The molecule has 0 heterocycles. The molecule has 3 unspecified atom stereocenters. The molecule has 3 heteroatoms. The Hall–Kier alpha value is -1.35. The third-order valence-electron chi connectivity index (χ3n) is 7.48. The van der Waals surface area contributed by atoms with Crippen LogP contribution in [0.4, 0.5) is 0 Å². The van der Waals surface area contributed by atoms with Crippen molar-refractivity contribution in [1.82, 2.24) is 4.90 Å². The van der Waals surface area contributed by atoms with Crippen LogP contribution >= 0.6 is 0 Å². The molecule has 1 amide bonds. The minimum atomic E-state index is 0.147. The second-order valence-corrected chi connectivity index (χ2v) is 9.74. The average molecular weight is 372 g/mol. The minimum Gasteiger partial charge on any atom is -0.396 e. The van der Waals surface area contributed by atoms with E-state index >= 15 is 0 Å². The molecule has 0 bridgehead atoms. The van der Waals surface area contributed by atoms with E-state index < -0.39 is 0 Å². The molecular weight excluding hydrogens is 334 g/mol. The molecule has 0 spiro atoms. The Kier molecular flexibility index (Phi) is 6.00. The van der Waals surface area contributed by atoms with E-state index in [9.17, 15) is 4.79 Å². The van der Waals surface area contributed by atoms with Gasteiger partial charge in [-0.25, -0.2) is 0 Å². The number of hydrogen-bond donors (Lipinski definition) is 1. The molecule has 1 N–H and O–H groups in total. The number of carbonyl (C=O) groups is 1. The van der Waals surface area contributed by atoms with Gasteiger partial charge in [-0.05, 0) is 71.5 Å². The summed E-state index contributed by atoms with van der Waals surface area (Å²) in [6, 6.07) is 7.19. The van der Waals surface area contributed by atoms with E-state index in [2.05, 4.69) is 45.9 Å². The molecule has 0 saturated heterocycles. The SMILES string of the molecule is CC(C)c1ccc2c(c1)CCC1C(C)(CN(C=O)CCCO)CCCC21C. The van der Waals surface area contributed by atoms with Crippen molar-refractivity contribution in [2.24, 2.45) is 11.3 Å². The van der Waals surface area contributed by atoms with E-state index in [1.165, 1.54) is 31.2 Å². The second kappa shape index (κ2) is 7.95. The lowest BCUT2D eigenvalue weighted by molar-refractivity contribution is -0.121. The lowest BCUT2D eigenvalue weighted by Gasteiger charge is -2.56. The fraction of sp³-hybridized carbons (Fsp3) is 0.708. The topological polar surface area (TPSA) is 40.5 Å². The molecule has 2 aliphatic carbocycles. The fourth-order valence-corrected chi connectivity index (χ4v) is 6.10. The predicted molar refractivity (Wildman–Crippen MR) is 111 cm³/mol. The van der Waals surface area contributed by atoms with E-state index in [0.29, 0.717) is 24.8 Å². The summed E-state index contributed by atoms with van der Waals surface area (Å²) >= 11 is 0. The maximum atomic E-state index is 11.6. The van der Waals surface area contributed by atoms with Crippen LogP contribution in [0, 0.1) is 11.3 Å². The summed E-state index contributed by atoms with van der Waals surface area (Å²) in [5.74, 6) is 1.18. The highest BCUT2D eigenvalue weighted by atomic mass is 16.3. The zero-order valence-electron chi connectivity index (χ0n) is 17.6. The number of carbonyl (C=O) groups excluding carboxylic acids is 1. The fourth-order valence-electron chi connectivity index (χ4n) is 6.10. The van der Waals surface area contributed by atoms with Crippen LogP contribution in [-0.4, -0.2) is 36.1 Å². The third-order valence-corrected chi connectivity index (χ3v) is 7.48. The molecule has 3 rings (SSSR count).